The predicted octanol–water partition coefficient (Wildman–Crippen LogP) is 4.04. The van der Waals surface area contributed by atoms with Crippen LogP contribution in [-0.2, 0) is 14.3 Å². The van der Waals surface area contributed by atoms with Crippen molar-refractivity contribution < 1.29 is 19.1 Å². The number of esters is 1. The normalized spacial score (nSPS) is 11.3. The van der Waals surface area contributed by atoms with E-state index in [0.29, 0.717) is 11.3 Å². The minimum Gasteiger partial charge on any atom is -0.455 e. The van der Waals surface area contributed by atoms with Gasteiger partial charge < -0.3 is 15.4 Å². The first-order valence-corrected chi connectivity index (χ1v) is 9.94. The summed E-state index contributed by atoms with van der Waals surface area (Å²) in [6, 6.07) is 24.7. The van der Waals surface area contributed by atoms with Crippen molar-refractivity contribution in [3.05, 3.63) is 102 Å². The lowest BCUT2D eigenvalue weighted by molar-refractivity contribution is -0.147. The van der Waals surface area contributed by atoms with Crippen LogP contribution in [0.1, 0.15) is 33.9 Å². The van der Waals surface area contributed by atoms with Gasteiger partial charge in [-0.05, 0) is 42.3 Å². The molecule has 0 spiro atoms. The van der Waals surface area contributed by atoms with Gasteiger partial charge in [0.05, 0.1) is 12.5 Å². The standard InChI is InChI=1S/C25H24N2O4/c1-18-9-8-14-21(15-18)26-23(28)17-31-24(29)16-22(19-10-4-2-5-11-19)27-25(30)20-12-6-3-7-13-20/h2-15,22H,16-17H2,1H3,(H,26,28)(H,27,30)/t22-/m0/s1. The van der Waals surface area contributed by atoms with Crippen LogP contribution in [0.4, 0.5) is 5.69 Å². The minimum absolute atomic E-state index is 0.0969. The van der Waals surface area contributed by atoms with Crippen molar-refractivity contribution in [1.82, 2.24) is 5.32 Å². The molecule has 6 nitrogen and oxygen atoms in total. The quantitative estimate of drug-likeness (QED) is 0.543. The van der Waals surface area contributed by atoms with Gasteiger partial charge >= 0.3 is 5.97 Å². The highest BCUT2D eigenvalue weighted by atomic mass is 16.5. The van der Waals surface area contributed by atoms with Crippen LogP contribution >= 0.6 is 0 Å². The molecule has 31 heavy (non-hydrogen) atoms. The molecular formula is C25H24N2O4. The fourth-order valence-corrected chi connectivity index (χ4v) is 3.06. The summed E-state index contributed by atoms with van der Waals surface area (Å²) in [5, 5.41) is 5.56. The van der Waals surface area contributed by atoms with E-state index in [2.05, 4.69) is 10.6 Å². The van der Waals surface area contributed by atoms with E-state index in [1.54, 1.807) is 30.3 Å². The van der Waals surface area contributed by atoms with Crippen molar-refractivity contribution in [3.63, 3.8) is 0 Å². The second kappa shape index (κ2) is 10.7. The second-order valence-electron chi connectivity index (χ2n) is 7.09. The highest BCUT2D eigenvalue weighted by Gasteiger charge is 2.20. The Morgan fingerprint density at radius 2 is 1.55 bits per heavy atom. The van der Waals surface area contributed by atoms with Crippen LogP contribution in [0.2, 0.25) is 0 Å². The Morgan fingerprint density at radius 3 is 2.23 bits per heavy atom. The number of rotatable bonds is 8. The second-order valence-corrected chi connectivity index (χ2v) is 7.09. The SMILES string of the molecule is Cc1cccc(NC(=O)COC(=O)C[C@H](NC(=O)c2ccccc2)c2ccccc2)c1. The maximum absolute atomic E-state index is 12.6. The van der Waals surface area contributed by atoms with Gasteiger partial charge in [0.15, 0.2) is 6.61 Å². The molecule has 0 saturated carbocycles. The Morgan fingerprint density at radius 1 is 0.871 bits per heavy atom. The topological polar surface area (TPSA) is 84.5 Å². The summed E-state index contributed by atoms with van der Waals surface area (Å²) >= 11 is 0. The van der Waals surface area contributed by atoms with E-state index in [4.69, 9.17) is 4.74 Å². The number of aryl methyl sites for hydroxylation is 1. The van der Waals surface area contributed by atoms with Crippen molar-refractivity contribution >= 4 is 23.5 Å². The first-order chi connectivity index (χ1) is 15.0. The number of hydrogen-bond donors (Lipinski definition) is 2. The number of carbonyl (C=O) groups excluding carboxylic acids is 3. The van der Waals surface area contributed by atoms with Gasteiger partial charge in [-0.25, -0.2) is 0 Å². The van der Waals surface area contributed by atoms with Crippen molar-refractivity contribution in [3.8, 4) is 0 Å². The van der Waals surface area contributed by atoms with E-state index < -0.39 is 24.5 Å². The Kier molecular flexibility index (Phi) is 7.54. The van der Waals surface area contributed by atoms with Crippen LogP contribution < -0.4 is 10.6 Å². The molecule has 0 radical (unpaired) electrons. The Hall–Kier alpha value is -3.93. The van der Waals surface area contributed by atoms with Crippen LogP contribution in [0.15, 0.2) is 84.9 Å². The third-order valence-electron chi connectivity index (χ3n) is 4.58. The van der Waals surface area contributed by atoms with Crippen LogP contribution in [0.3, 0.4) is 0 Å². The maximum atomic E-state index is 12.6. The summed E-state index contributed by atoms with van der Waals surface area (Å²) in [5.41, 5.74) is 2.91. The van der Waals surface area contributed by atoms with Crippen molar-refractivity contribution in [2.75, 3.05) is 11.9 Å². The number of amides is 2. The molecule has 2 N–H and O–H groups in total. The van der Waals surface area contributed by atoms with E-state index in [9.17, 15) is 14.4 Å². The molecule has 0 aliphatic carbocycles. The zero-order valence-electron chi connectivity index (χ0n) is 17.2. The fourth-order valence-electron chi connectivity index (χ4n) is 3.06. The molecule has 1 atom stereocenters. The number of carbonyl (C=O) groups is 3. The molecule has 2 amide bonds. The molecule has 0 bridgehead atoms. The van der Waals surface area contributed by atoms with Crippen LogP contribution in [-0.4, -0.2) is 24.4 Å². The summed E-state index contributed by atoms with van der Waals surface area (Å²) in [6.07, 6.45) is -0.0969. The zero-order chi connectivity index (χ0) is 22.1. The van der Waals surface area contributed by atoms with Crippen molar-refractivity contribution in [2.24, 2.45) is 0 Å². The zero-order valence-corrected chi connectivity index (χ0v) is 17.2. The van der Waals surface area contributed by atoms with Gasteiger partial charge in [0.25, 0.3) is 11.8 Å². The summed E-state index contributed by atoms with van der Waals surface area (Å²) in [7, 11) is 0. The largest absolute Gasteiger partial charge is 0.455 e. The van der Waals surface area contributed by atoms with Gasteiger partial charge in [0, 0.05) is 11.3 Å². The predicted molar refractivity (Wildman–Crippen MR) is 118 cm³/mol. The Bertz CT molecular complexity index is 1040. The number of ether oxygens (including phenoxy) is 1. The monoisotopic (exact) mass is 416 g/mol. The molecule has 0 aliphatic heterocycles. The van der Waals surface area contributed by atoms with Gasteiger partial charge in [-0.1, -0.05) is 60.7 Å². The molecular weight excluding hydrogens is 392 g/mol. The molecule has 0 unspecified atom stereocenters. The minimum atomic E-state index is -0.582. The number of anilines is 1. The van der Waals surface area contributed by atoms with Gasteiger partial charge in [-0.15, -0.1) is 0 Å². The maximum Gasteiger partial charge on any atom is 0.308 e. The highest BCUT2D eigenvalue weighted by Crippen LogP contribution is 2.18. The molecule has 0 aromatic heterocycles. The lowest BCUT2D eigenvalue weighted by Gasteiger charge is -2.19. The summed E-state index contributed by atoms with van der Waals surface area (Å²) in [4.78, 5) is 37.1. The average molecular weight is 416 g/mol. The Labute approximate surface area is 181 Å². The van der Waals surface area contributed by atoms with Crippen molar-refractivity contribution in [1.29, 1.82) is 0 Å². The number of benzene rings is 3. The van der Waals surface area contributed by atoms with E-state index in [1.807, 2.05) is 61.5 Å². The lowest BCUT2D eigenvalue weighted by Crippen LogP contribution is -2.31. The molecule has 0 aliphatic rings. The smallest absolute Gasteiger partial charge is 0.308 e. The molecule has 3 rings (SSSR count). The van der Waals surface area contributed by atoms with E-state index in [0.717, 1.165) is 11.1 Å². The summed E-state index contributed by atoms with van der Waals surface area (Å²) in [5.74, 6) is -1.30. The van der Waals surface area contributed by atoms with Crippen molar-refractivity contribution in [2.45, 2.75) is 19.4 Å². The van der Waals surface area contributed by atoms with Crippen LogP contribution in [0, 0.1) is 6.92 Å². The van der Waals surface area contributed by atoms with Crippen LogP contribution in [0.25, 0.3) is 0 Å². The Balaban J connectivity index is 1.59. The first kappa shape index (κ1) is 21.8. The molecule has 0 saturated heterocycles. The molecule has 3 aromatic carbocycles. The molecule has 0 heterocycles. The molecule has 0 fully saturated rings. The third-order valence-corrected chi connectivity index (χ3v) is 4.58. The van der Waals surface area contributed by atoms with E-state index in [1.165, 1.54) is 0 Å². The fraction of sp³-hybridized carbons (Fsp3) is 0.160. The molecule has 158 valence electrons. The van der Waals surface area contributed by atoms with E-state index in [-0.39, 0.29) is 12.3 Å². The van der Waals surface area contributed by atoms with Crippen LogP contribution in [0.5, 0.6) is 0 Å². The van der Waals surface area contributed by atoms with Gasteiger partial charge in [-0.2, -0.15) is 0 Å². The molecule has 3 aromatic rings. The summed E-state index contributed by atoms with van der Waals surface area (Å²) < 4.78 is 5.14. The van der Waals surface area contributed by atoms with Gasteiger partial charge in [0.2, 0.25) is 0 Å². The number of nitrogens with one attached hydrogen (secondary N) is 2. The first-order valence-electron chi connectivity index (χ1n) is 9.94. The van der Waals surface area contributed by atoms with E-state index >= 15 is 0 Å². The summed E-state index contributed by atoms with van der Waals surface area (Å²) in [6.45, 7) is 1.52. The third kappa shape index (κ3) is 6.82. The van der Waals surface area contributed by atoms with Gasteiger partial charge in [0.1, 0.15) is 0 Å². The van der Waals surface area contributed by atoms with Gasteiger partial charge in [-0.3, -0.25) is 14.4 Å². The lowest BCUT2D eigenvalue weighted by atomic mass is 10.0. The highest BCUT2D eigenvalue weighted by molar-refractivity contribution is 5.95. The molecule has 6 heteroatoms. The number of hydrogen-bond acceptors (Lipinski definition) is 4. The average Bonchev–Trinajstić information content (AvgIpc) is 2.78.